The Bertz CT molecular complexity index is 1340. The molecule has 0 aliphatic carbocycles. The zero-order valence-corrected chi connectivity index (χ0v) is 22.6. The van der Waals surface area contributed by atoms with E-state index in [1.165, 1.54) is 20.2 Å². The van der Waals surface area contributed by atoms with E-state index in [0.29, 0.717) is 37.3 Å². The molecular weight excluding hydrogens is 592 g/mol. The standard InChI is InChI=1S/C26H22Br2N4O4/c1-16(25(33)31-22-10-6-5-9-20(22)27)26(34)32-30-14-17-11-21(28)24(23(12-17)35-2)36-15-19-8-4-3-7-18(19)13-29/h3-12,14,16H,15H2,1-2H3,(H,31,33)(H,32,34). The number of carbonyl (C=O) groups is 2. The second-order valence-electron chi connectivity index (χ2n) is 7.52. The first kappa shape index (κ1) is 26.9. The molecule has 3 aromatic carbocycles. The zero-order valence-electron chi connectivity index (χ0n) is 19.4. The molecule has 0 aromatic heterocycles. The summed E-state index contributed by atoms with van der Waals surface area (Å²) in [4.78, 5) is 24.8. The average Bonchev–Trinajstić information content (AvgIpc) is 2.88. The van der Waals surface area contributed by atoms with Gasteiger partial charge in [-0.3, -0.25) is 9.59 Å². The van der Waals surface area contributed by atoms with E-state index in [2.05, 4.69) is 53.8 Å². The van der Waals surface area contributed by atoms with E-state index in [1.54, 1.807) is 42.5 Å². The van der Waals surface area contributed by atoms with E-state index >= 15 is 0 Å². The fraction of sp³-hybridized carbons (Fsp3) is 0.154. The fourth-order valence-corrected chi connectivity index (χ4v) is 4.01. The van der Waals surface area contributed by atoms with Crippen molar-refractivity contribution in [2.24, 2.45) is 11.0 Å². The summed E-state index contributed by atoms with van der Waals surface area (Å²) in [7, 11) is 1.51. The topological polar surface area (TPSA) is 113 Å². The molecule has 10 heteroatoms. The van der Waals surface area contributed by atoms with Gasteiger partial charge in [0, 0.05) is 10.0 Å². The number of halogens is 2. The van der Waals surface area contributed by atoms with Gasteiger partial charge in [0.25, 0.3) is 5.91 Å². The zero-order chi connectivity index (χ0) is 26.1. The van der Waals surface area contributed by atoms with Crippen molar-refractivity contribution in [1.82, 2.24) is 5.43 Å². The van der Waals surface area contributed by atoms with Gasteiger partial charge in [-0.15, -0.1) is 0 Å². The Hall–Kier alpha value is -3.68. The summed E-state index contributed by atoms with van der Waals surface area (Å²) in [6.45, 7) is 1.68. The highest BCUT2D eigenvalue weighted by atomic mass is 79.9. The Balaban J connectivity index is 1.63. The van der Waals surface area contributed by atoms with Gasteiger partial charge >= 0.3 is 0 Å². The van der Waals surface area contributed by atoms with Crippen LogP contribution in [0, 0.1) is 17.2 Å². The lowest BCUT2D eigenvalue weighted by Crippen LogP contribution is -2.34. The second-order valence-corrected chi connectivity index (χ2v) is 9.23. The van der Waals surface area contributed by atoms with Crippen molar-refractivity contribution in [2.45, 2.75) is 13.5 Å². The number of benzene rings is 3. The number of nitriles is 1. The van der Waals surface area contributed by atoms with Gasteiger partial charge in [-0.1, -0.05) is 30.3 Å². The van der Waals surface area contributed by atoms with Crippen LogP contribution in [0.25, 0.3) is 0 Å². The molecule has 36 heavy (non-hydrogen) atoms. The molecule has 0 saturated heterocycles. The molecule has 1 unspecified atom stereocenters. The van der Waals surface area contributed by atoms with Crippen molar-refractivity contribution in [3.05, 3.63) is 86.3 Å². The predicted octanol–water partition coefficient (Wildman–Crippen LogP) is 5.40. The molecule has 0 aliphatic heterocycles. The molecular formula is C26H22Br2N4O4. The first-order valence-electron chi connectivity index (χ1n) is 10.7. The van der Waals surface area contributed by atoms with Gasteiger partial charge in [-0.25, -0.2) is 5.43 Å². The molecule has 0 heterocycles. The normalized spacial score (nSPS) is 11.4. The number of ether oxygens (including phenoxy) is 2. The van der Waals surface area contributed by atoms with Crippen LogP contribution < -0.4 is 20.2 Å². The SMILES string of the molecule is COc1cc(C=NNC(=O)C(C)C(=O)Nc2ccccc2Br)cc(Br)c1OCc1ccccc1C#N. The molecule has 0 radical (unpaired) electrons. The minimum atomic E-state index is -0.970. The van der Waals surface area contributed by atoms with E-state index in [1.807, 2.05) is 18.2 Å². The van der Waals surface area contributed by atoms with Gasteiger partial charge in [0.2, 0.25) is 5.91 Å². The summed E-state index contributed by atoms with van der Waals surface area (Å²) >= 11 is 6.83. The van der Waals surface area contributed by atoms with Gasteiger partial charge in [0.05, 0.1) is 35.1 Å². The summed E-state index contributed by atoms with van der Waals surface area (Å²) in [6.07, 6.45) is 1.43. The van der Waals surface area contributed by atoms with E-state index in [4.69, 9.17) is 9.47 Å². The number of hydrogen-bond donors (Lipinski definition) is 2. The molecule has 3 aromatic rings. The summed E-state index contributed by atoms with van der Waals surface area (Å²) in [5.74, 6) is -1.09. The fourth-order valence-electron chi connectivity index (χ4n) is 3.05. The molecule has 8 nitrogen and oxygen atoms in total. The van der Waals surface area contributed by atoms with Crippen molar-refractivity contribution in [3.8, 4) is 17.6 Å². The van der Waals surface area contributed by atoms with Crippen molar-refractivity contribution < 1.29 is 19.1 Å². The number of hydrogen-bond acceptors (Lipinski definition) is 6. The van der Waals surface area contributed by atoms with Crippen LogP contribution in [0.1, 0.15) is 23.6 Å². The van der Waals surface area contributed by atoms with Crippen LogP contribution in [0.4, 0.5) is 5.69 Å². The van der Waals surface area contributed by atoms with Crippen LogP contribution in [0.3, 0.4) is 0 Å². The van der Waals surface area contributed by atoms with Gasteiger partial charge in [0.1, 0.15) is 12.5 Å². The van der Waals surface area contributed by atoms with Crippen molar-refractivity contribution in [2.75, 3.05) is 12.4 Å². The van der Waals surface area contributed by atoms with Gasteiger partial charge in [-0.2, -0.15) is 10.4 Å². The quantitative estimate of drug-likeness (QED) is 0.191. The first-order chi connectivity index (χ1) is 17.3. The summed E-state index contributed by atoms with van der Waals surface area (Å²) in [6, 6.07) is 19.9. The highest BCUT2D eigenvalue weighted by molar-refractivity contribution is 9.11. The van der Waals surface area contributed by atoms with E-state index in [9.17, 15) is 14.9 Å². The van der Waals surface area contributed by atoms with Gasteiger partial charge in [0.15, 0.2) is 11.5 Å². The van der Waals surface area contributed by atoms with Crippen LogP contribution in [0.2, 0.25) is 0 Å². The molecule has 1 atom stereocenters. The van der Waals surface area contributed by atoms with Crippen LogP contribution in [0.5, 0.6) is 11.5 Å². The number of para-hydroxylation sites is 1. The average molecular weight is 614 g/mol. The highest BCUT2D eigenvalue weighted by Gasteiger charge is 2.22. The number of nitrogens with zero attached hydrogens (tertiary/aromatic N) is 2. The number of carbonyl (C=O) groups excluding carboxylic acids is 2. The van der Waals surface area contributed by atoms with E-state index < -0.39 is 17.7 Å². The molecule has 2 N–H and O–H groups in total. The Morgan fingerprint density at radius 2 is 1.81 bits per heavy atom. The van der Waals surface area contributed by atoms with Gasteiger partial charge < -0.3 is 14.8 Å². The molecule has 3 rings (SSSR count). The Labute approximate surface area is 225 Å². The third-order valence-electron chi connectivity index (χ3n) is 5.07. The van der Waals surface area contributed by atoms with Gasteiger partial charge in [-0.05, 0) is 74.7 Å². The smallest absolute Gasteiger partial charge is 0.252 e. The van der Waals surface area contributed by atoms with Crippen LogP contribution >= 0.6 is 31.9 Å². The number of anilines is 1. The van der Waals surface area contributed by atoms with E-state index in [-0.39, 0.29) is 6.61 Å². The molecule has 184 valence electrons. The lowest BCUT2D eigenvalue weighted by molar-refractivity contribution is -0.131. The molecule has 2 amide bonds. The third kappa shape index (κ3) is 6.93. The van der Waals surface area contributed by atoms with Crippen LogP contribution in [0.15, 0.2) is 74.7 Å². The molecule has 0 fully saturated rings. The van der Waals surface area contributed by atoms with Crippen molar-refractivity contribution in [3.63, 3.8) is 0 Å². The van der Waals surface area contributed by atoms with Crippen molar-refractivity contribution in [1.29, 1.82) is 5.26 Å². The van der Waals surface area contributed by atoms with Crippen molar-refractivity contribution >= 4 is 55.6 Å². The second kappa shape index (κ2) is 12.9. The van der Waals surface area contributed by atoms with Crippen LogP contribution in [-0.4, -0.2) is 25.1 Å². The highest BCUT2D eigenvalue weighted by Crippen LogP contribution is 2.37. The summed E-state index contributed by atoms with van der Waals surface area (Å²) < 4.78 is 12.7. The number of nitrogens with one attached hydrogen (secondary N) is 2. The Morgan fingerprint density at radius 3 is 2.53 bits per heavy atom. The number of methoxy groups -OCH3 is 1. The summed E-state index contributed by atoms with van der Waals surface area (Å²) in [5, 5.41) is 15.9. The molecule has 0 saturated carbocycles. The minimum Gasteiger partial charge on any atom is -0.493 e. The lowest BCUT2D eigenvalue weighted by atomic mass is 10.1. The Kier molecular flexibility index (Phi) is 9.61. The number of hydrazone groups is 1. The van der Waals surface area contributed by atoms with E-state index in [0.717, 1.165) is 5.56 Å². The first-order valence-corrected chi connectivity index (χ1v) is 12.3. The number of amides is 2. The minimum absolute atomic E-state index is 0.182. The largest absolute Gasteiger partial charge is 0.493 e. The maximum atomic E-state index is 12.4. The third-order valence-corrected chi connectivity index (χ3v) is 6.35. The maximum absolute atomic E-state index is 12.4. The monoisotopic (exact) mass is 612 g/mol. The molecule has 0 aliphatic rings. The summed E-state index contributed by atoms with van der Waals surface area (Å²) in [5.41, 5.74) is 4.86. The molecule has 0 bridgehead atoms. The predicted molar refractivity (Wildman–Crippen MR) is 144 cm³/mol. The molecule has 0 spiro atoms. The lowest BCUT2D eigenvalue weighted by Gasteiger charge is -2.14. The van der Waals surface area contributed by atoms with Crippen LogP contribution in [-0.2, 0) is 16.2 Å². The Morgan fingerprint density at radius 1 is 1.08 bits per heavy atom. The maximum Gasteiger partial charge on any atom is 0.252 e. The number of rotatable bonds is 9.